The van der Waals surface area contributed by atoms with E-state index < -0.39 is 0 Å². The molecule has 0 saturated carbocycles. The lowest BCUT2D eigenvalue weighted by molar-refractivity contribution is 0.416. The molecule has 1 heterocycles. The molecule has 0 spiro atoms. The van der Waals surface area contributed by atoms with Gasteiger partial charge in [0.05, 0.1) is 7.11 Å². The summed E-state index contributed by atoms with van der Waals surface area (Å²) in [6, 6.07) is 3.72. The average molecular weight is 178 g/mol. The van der Waals surface area contributed by atoms with Crippen LogP contribution in [0.2, 0.25) is 0 Å². The first kappa shape index (κ1) is 7.98. The number of furan rings is 1. The largest absolute Gasteiger partial charge is 0.504 e. The summed E-state index contributed by atoms with van der Waals surface area (Å²) in [5, 5.41) is 10.1. The third kappa shape index (κ3) is 1.13. The Bertz CT molecular complexity index is 443. The Morgan fingerprint density at radius 3 is 2.85 bits per heavy atom. The van der Waals surface area contributed by atoms with E-state index in [1.54, 1.807) is 7.11 Å². The molecular formula is C10H10O3. The monoisotopic (exact) mass is 178 g/mol. The van der Waals surface area contributed by atoms with Crippen molar-refractivity contribution in [2.24, 2.45) is 0 Å². The highest BCUT2D eigenvalue weighted by atomic mass is 16.5. The molecule has 0 aliphatic heterocycles. The Kier molecular flexibility index (Phi) is 1.65. The smallest absolute Gasteiger partial charge is 0.165 e. The molecule has 0 saturated heterocycles. The van der Waals surface area contributed by atoms with Crippen molar-refractivity contribution in [2.45, 2.75) is 6.92 Å². The Balaban J connectivity index is 2.85. The second-order valence-corrected chi connectivity index (χ2v) is 2.96. The molecule has 0 atom stereocenters. The van der Waals surface area contributed by atoms with Gasteiger partial charge in [-0.2, -0.15) is 0 Å². The van der Waals surface area contributed by atoms with Crippen LogP contribution in [0.25, 0.3) is 11.0 Å². The van der Waals surface area contributed by atoms with Crippen molar-refractivity contribution in [2.75, 3.05) is 7.11 Å². The number of hydrogen-bond donors (Lipinski definition) is 1. The van der Waals surface area contributed by atoms with Crippen molar-refractivity contribution in [3.8, 4) is 11.5 Å². The SMILES string of the molecule is COc1cc(C)cc2occ(O)c12. The fourth-order valence-corrected chi connectivity index (χ4v) is 1.41. The summed E-state index contributed by atoms with van der Waals surface area (Å²) in [7, 11) is 1.57. The van der Waals surface area contributed by atoms with Gasteiger partial charge in [0.1, 0.15) is 23.0 Å². The molecule has 1 N–H and O–H groups in total. The maximum Gasteiger partial charge on any atom is 0.165 e. The summed E-state index contributed by atoms with van der Waals surface area (Å²) < 4.78 is 10.3. The van der Waals surface area contributed by atoms with Gasteiger partial charge in [0.15, 0.2) is 5.75 Å². The van der Waals surface area contributed by atoms with Gasteiger partial charge in [-0.15, -0.1) is 0 Å². The van der Waals surface area contributed by atoms with E-state index in [0.717, 1.165) is 5.56 Å². The van der Waals surface area contributed by atoms with Gasteiger partial charge < -0.3 is 14.3 Å². The quantitative estimate of drug-likeness (QED) is 0.729. The van der Waals surface area contributed by atoms with Gasteiger partial charge in [0.2, 0.25) is 0 Å². The topological polar surface area (TPSA) is 42.6 Å². The highest BCUT2D eigenvalue weighted by Crippen LogP contribution is 2.35. The van der Waals surface area contributed by atoms with E-state index in [2.05, 4.69) is 0 Å². The Morgan fingerprint density at radius 2 is 2.15 bits per heavy atom. The molecule has 0 aliphatic carbocycles. The van der Waals surface area contributed by atoms with Crippen LogP contribution in [0.3, 0.4) is 0 Å². The summed E-state index contributed by atoms with van der Waals surface area (Å²) in [6.07, 6.45) is 1.31. The van der Waals surface area contributed by atoms with E-state index in [1.807, 2.05) is 19.1 Å². The Morgan fingerprint density at radius 1 is 1.38 bits per heavy atom. The maximum atomic E-state index is 9.44. The minimum absolute atomic E-state index is 0.117. The van der Waals surface area contributed by atoms with Crippen LogP contribution >= 0.6 is 0 Å². The minimum Gasteiger partial charge on any atom is -0.504 e. The van der Waals surface area contributed by atoms with Crippen LogP contribution in [-0.4, -0.2) is 12.2 Å². The normalized spacial score (nSPS) is 10.6. The molecule has 0 bridgehead atoms. The highest BCUT2D eigenvalue weighted by Gasteiger charge is 2.10. The van der Waals surface area contributed by atoms with E-state index in [0.29, 0.717) is 16.7 Å². The van der Waals surface area contributed by atoms with Gasteiger partial charge in [0, 0.05) is 0 Å². The molecular weight excluding hydrogens is 168 g/mol. The number of rotatable bonds is 1. The Labute approximate surface area is 75.5 Å². The average Bonchev–Trinajstić information content (AvgIpc) is 2.46. The molecule has 1 aromatic heterocycles. The number of aromatic hydroxyl groups is 1. The fraction of sp³-hybridized carbons (Fsp3) is 0.200. The lowest BCUT2D eigenvalue weighted by atomic mass is 10.1. The second kappa shape index (κ2) is 2.69. The molecule has 3 heteroatoms. The molecule has 0 unspecified atom stereocenters. The van der Waals surface area contributed by atoms with Gasteiger partial charge in [0.25, 0.3) is 0 Å². The molecule has 68 valence electrons. The molecule has 0 radical (unpaired) electrons. The molecule has 2 rings (SSSR count). The van der Waals surface area contributed by atoms with E-state index >= 15 is 0 Å². The Hall–Kier alpha value is -1.64. The molecule has 0 fully saturated rings. The number of aryl methyl sites for hydroxylation is 1. The van der Waals surface area contributed by atoms with Gasteiger partial charge >= 0.3 is 0 Å². The molecule has 3 nitrogen and oxygen atoms in total. The lowest BCUT2D eigenvalue weighted by Gasteiger charge is -2.02. The lowest BCUT2D eigenvalue weighted by Crippen LogP contribution is -1.84. The van der Waals surface area contributed by atoms with E-state index in [4.69, 9.17) is 9.15 Å². The first-order valence-corrected chi connectivity index (χ1v) is 3.97. The number of ether oxygens (including phenoxy) is 1. The number of fused-ring (bicyclic) bond motifs is 1. The van der Waals surface area contributed by atoms with E-state index in [1.165, 1.54) is 6.26 Å². The maximum absolute atomic E-state index is 9.44. The van der Waals surface area contributed by atoms with Crippen molar-refractivity contribution >= 4 is 11.0 Å². The van der Waals surface area contributed by atoms with Crippen molar-refractivity contribution in [1.82, 2.24) is 0 Å². The zero-order chi connectivity index (χ0) is 9.42. The van der Waals surface area contributed by atoms with Crippen LogP contribution in [0.5, 0.6) is 11.5 Å². The summed E-state index contributed by atoms with van der Waals surface area (Å²) in [5.74, 6) is 0.758. The van der Waals surface area contributed by atoms with Crippen LogP contribution in [0, 0.1) is 6.92 Å². The standard InChI is InChI=1S/C10H10O3/c1-6-3-8(12-2)10-7(11)5-13-9(10)4-6/h3-5,11H,1-2H3. The molecule has 1 aromatic carbocycles. The van der Waals surface area contributed by atoms with Crippen LogP contribution in [0.1, 0.15) is 5.56 Å². The predicted molar refractivity (Wildman–Crippen MR) is 49.2 cm³/mol. The molecule has 0 amide bonds. The number of methoxy groups -OCH3 is 1. The third-order valence-electron chi connectivity index (χ3n) is 1.98. The van der Waals surface area contributed by atoms with Gasteiger partial charge in [-0.25, -0.2) is 0 Å². The summed E-state index contributed by atoms with van der Waals surface area (Å²) in [5.41, 5.74) is 1.69. The summed E-state index contributed by atoms with van der Waals surface area (Å²) >= 11 is 0. The van der Waals surface area contributed by atoms with Gasteiger partial charge in [-0.05, 0) is 24.6 Å². The van der Waals surface area contributed by atoms with E-state index in [9.17, 15) is 5.11 Å². The number of benzene rings is 1. The first-order valence-electron chi connectivity index (χ1n) is 3.97. The van der Waals surface area contributed by atoms with Gasteiger partial charge in [-0.3, -0.25) is 0 Å². The first-order chi connectivity index (χ1) is 6.22. The fourth-order valence-electron chi connectivity index (χ4n) is 1.41. The van der Waals surface area contributed by atoms with Crippen LogP contribution in [0.4, 0.5) is 0 Å². The van der Waals surface area contributed by atoms with Crippen molar-refractivity contribution in [3.05, 3.63) is 24.0 Å². The molecule has 0 aliphatic rings. The summed E-state index contributed by atoms with van der Waals surface area (Å²) in [4.78, 5) is 0. The van der Waals surface area contributed by atoms with Crippen LogP contribution in [0.15, 0.2) is 22.8 Å². The number of hydrogen-bond acceptors (Lipinski definition) is 3. The van der Waals surface area contributed by atoms with Crippen molar-refractivity contribution in [3.63, 3.8) is 0 Å². The predicted octanol–water partition coefficient (Wildman–Crippen LogP) is 2.46. The minimum atomic E-state index is 0.117. The summed E-state index contributed by atoms with van der Waals surface area (Å²) in [6.45, 7) is 1.95. The van der Waals surface area contributed by atoms with Crippen molar-refractivity contribution in [1.29, 1.82) is 0 Å². The molecule has 13 heavy (non-hydrogen) atoms. The van der Waals surface area contributed by atoms with E-state index in [-0.39, 0.29) is 5.75 Å². The highest BCUT2D eigenvalue weighted by molar-refractivity contribution is 5.90. The zero-order valence-corrected chi connectivity index (χ0v) is 7.50. The second-order valence-electron chi connectivity index (χ2n) is 2.96. The molecule has 2 aromatic rings. The van der Waals surface area contributed by atoms with Crippen LogP contribution in [-0.2, 0) is 0 Å². The van der Waals surface area contributed by atoms with Gasteiger partial charge in [-0.1, -0.05) is 0 Å². The van der Waals surface area contributed by atoms with Crippen molar-refractivity contribution < 1.29 is 14.3 Å². The van der Waals surface area contributed by atoms with Crippen LogP contribution < -0.4 is 4.74 Å². The zero-order valence-electron chi connectivity index (χ0n) is 7.50. The third-order valence-corrected chi connectivity index (χ3v) is 1.98.